The largest absolute Gasteiger partial charge is 0.396 e. The number of benzene rings is 1. The highest BCUT2D eigenvalue weighted by molar-refractivity contribution is 5.18. The molecule has 15 heavy (non-hydrogen) atoms. The molecule has 0 saturated heterocycles. The van der Waals surface area contributed by atoms with E-state index in [1.54, 1.807) is 12.1 Å². The van der Waals surface area contributed by atoms with E-state index in [2.05, 4.69) is 0 Å². The molecule has 1 aromatic rings. The summed E-state index contributed by atoms with van der Waals surface area (Å²) in [7, 11) is 0. The lowest BCUT2D eigenvalue weighted by atomic mass is 9.96. The lowest BCUT2D eigenvalue weighted by Gasteiger charge is -2.15. The second-order valence-electron chi connectivity index (χ2n) is 3.92. The first-order valence-electron chi connectivity index (χ1n) is 5.18. The van der Waals surface area contributed by atoms with Gasteiger partial charge in [0.1, 0.15) is 5.82 Å². The van der Waals surface area contributed by atoms with Crippen molar-refractivity contribution in [1.82, 2.24) is 0 Å². The Balaban J connectivity index is 2.53. The predicted molar refractivity (Wildman–Crippen MR) is 56.8 cm³/mol. The fraction of sp³-hybridized carbons (Fsp3) is 0.500. The Labute approximate surface area is 89.4 Å². The van der Waals surface area contributed by atoms with Gasteiger partial charge in [-0.15, -0.1) is 0 Å². The van der Waals surface area contributed by atoms with Crippen LogP contribution in [-0.4, -0.2) is 16.8 Å². The van der Waals surface area contributed by atoms with E-state index in [1.807, 2.05) is 6.92 Å². The summed E-state index contributed by atoms with van der Waals surface area (Å²) in [6.07, 6.45) is 0.692. The Hall–Kier alpha value is -0.930. The van der Waals surface area contributed by atoms with E-state index in [4.69, 9.17) is 5.11 Å². The monoisotopic (exact) mass is 212 g/mol. The van der Waals surface area contributed by atoms with Crippen LogP contribution in [0.5, 0.6) is 0 Å². The van der Waals surface area contributed by atoms with Crippen molar-refractivity contribution in [3.8, 4) is 0 Å². The van der Waals surface area contributed by atoms with Crippen molar-refractivity contribution in [2.24, 2.45) is 5.92 Å². The molecule has 0 aliphatic rings. The first-order chi connectivity index (χ1) is 7.13. The van der Waals surface area contributed by atoms with Gasteiger partial charge >= 0.3 is 0 Å². The number of hydrogen-bond donors (Lipinski definition) is 2. The highest BCUT2D eigenvalue weighted by Gasteiger charge is 2.11. The van der Waals surface area contributed by atoms with Crippen molar-refractivity contribution in [3.63, 3.8) is 0 Å². The zero-order valence-electron chi connectivity index (χ0n) is 8.86. The average Bonchev–Trinajstić information content (AvgIpc) is 2.18. The molecule has 2 N–H and O–H groups in total. The van der Waals surface area contributed by atoms with Crippen LogP contribution in [0.25, 0.3) is 0 Å². The van der Waals surface area contributed by atoms with E-state index in [9.17, 15) is 9.50 Å². The molecule has 2 atom stereocenters. The normalized spacial score (nSPS) is 14.9. The van der Waals surface area contributed by atoms with Gasteiger partial charge in [-0.05, 0) is 36.5 Å². The zero-order chi connectivity index (χ0) is 11.3. The van der Waals surface area contributed by atoms with Crippen LogP contribution < -0.4 is 0 Å². The first kappa shape index (κ1) is 12.1. The molecule has 0 fully saturated rings. The number of aliphatic hydroxyl groups excluding tert-OH is 2. The molecule has 0 saturated carbocycles. The van der Waals surface area contributed by atoms with Gasteiger partial charge in [-0.3, -0.25) is 0 Å². The number of halogens is 1. The van der Waals surface area contributed by atoms with Gasteiger partial charge < -0.3 is 10.2 Å². The number of rotatable bonds is 5. The van der Waals surface area contributed by atoms with Crippen LogP contribution in [0.2, 0.25) is 0 Å². The first-order valence-corrected chi connectivity index (χ1v) is 5.18. The molecule has 0 spiro atoms. The van der Waals surface area contributed by atoms with Crippen LogP contribution in [0, 0.1) is 11.7 Å². The third-order valence-electron chi connectivity index (χ3n) is 2.50. The van der Waals surface area contributed by atoms with E-state index >= 15 is 0 Å². The minimum Gasteiger partial charge on any atom is -0.396 e. The fourth-order valence-electron chi connectivity index (χ4n) is 1.54. The average molecular weight is 212 g/mol. The molecule has 0 radical (unpaired) electrons. The van der Waals surface area contributed by atoms with Gasteiger partial charge in [0, 0.05) is 6.61 Å². The van der Waals surface area contributed by atoms with Crippen molar-refractivity contribution >= 4 is 0 Å². The quantitative estimate of drug-likeness (QED) is 0.786. The van der Waals surface area contributed by atoms with E-state index in [1.165, 1.54) is 12.1 Å². The van der Waals surface area contributed by atoms with Gasteiger partial charge in [-0.25, -0.2) is 4.39 Å². The molecular weight excluding hydrogens is 195 g/mol. The molecule has 1 unspecified atom stereocenters. The van der Waals surface area contributed by atoms with E-state index in [-0.39, 0.29) is 18.3 Å². The maximum Gasteiger partial charge on any atom is 0.123 e. The molecule has 2 nitrogen and oxygen atoms in total. The van der Waals surface area contributed by atoms with Crippen molar-refractivity contribution in [3.05, 3.63) is 35.6 Å². The van der Waals surface area contributed by atoms with Gasteiger partial charge in [0.05, 0.1) is 6.10 Å². The second-order valence-corrected chi connectivity index (χ2v) is 3.92. The summed E-state index contributed by atoms with van der Waals surface area (Å²) in [5.41, 5.74) is 0.723. The fourth-order valence-corrected chi connectivity index (χ4v) is 1.54. The predicted octanol–water partition coefficient (Wildman–Crippen LogP) is 2.27. The molecule has 0 aliphatic carbocycles. The SMILES string of the molecule is C[C@H](CCO)CC(O)c1ccc(F)cc1. The molecule has 0 heterocycles. The number of hydrogen-bond acceptors (Lipinski definition) is 2. The molecule has 1 rings (SSSR count). The molecule has 84 valence electrons. The van der Waals surface area contributed by atoms with Gasteiger partial charge in [-0.2, -0.15) is 0 Å². The Bertz CT molecular complexity index is 284. The lowest BCUT2D eigenvalue weighted by molar-refractivity contribution is 0.137. The van der Waals surface area contributed by atoms with Crippen molar-refractivity contribution in [2.45, 2.75) is 25.9 Å². The van der Waals surface area contributed by atoms with Crippen LogP contribution in [0.4, 0.5) is 4.39 Å². The summed E-state index contributed by atoms with van der Waals surface area (Å²) in [6, 6.07) is 5.86. The van der Waals surface area contributed by atoms with Crippen molar-refractivity contribution in [2.75, 3.05) is 6.61 Å². The molecule has 0 amide bonds. The Kier molecular flexibility index (Phi) is 4.72. The molecule has 3 heteroatoms. The summed E-state index contributed by atoms with van der Waals surface area (Å²) in [4.78, 5) is 0. The van der Waals surface area contributed by atoms with Crippen LogP contribution in [0.15, 0.2) is 24.3 Å². The Morgan fingerprint density at radius 1 is 1.27 bits per heavy atom. The highest BCUT2D eigenvalue weighted by Crippen LogP contribution is 2.22. The van der Waals surface area contributed by atoms with Crippen molar-refractivity contribution in [1.29, 1.82) is 0 Å². The molecule has 0 bridgehead atoms. The van der Waals surface area contributed by atoms with Crippen LogP contribution in [-0.2, 0) is 0 Å². The topological polar surface area (TPSA) is 40.5 Å². The highest BCUT2D eigenvalue weighted by atomic mass is 19.1. The third kappa shape index (κ3) is 3.98. The molecule has 0 aliphatic heterocycles. The minimum atomic E-state index is -0.577. The standard InChI is InChI=1S/C12H17FO2/c1-9(6-7-14)8-12(15)10-2-4-11(13)5-3-10/h2-5,9,12,14-15H,6-8H2,1H3/t9-,12?/m1/s1. The Morgan fingerprint density at radius 2 is 1.87 bits per heavy atom. The van der Waals surface area contributed by atoms with E-state index in [0.29, 0.717) is 12.8 Å². The smallest absolute Gasteiger partial charge is 0.123 e. The maximum absolute atomic E-state index is 12.6. The molecular formula is C12H17FO2. The van der Waals surface area contributed by atoms with Crippen LogP contribution in [0.3, 0.4) is 0 Å². The lowest BCUT2D eigenvalue weighted by Crippen LogP contribution is -2.06. The van der Waals surface area contributed by atoms with E-state index < -0.39 is 6.10 Å². The van der Waals surface area contributed by atoms with Gasteiger partial charge in [0.15, 0.2) is 0 Å². The van der Waals surface area contributed by atoms with Crippen LogP contribution in [0.1, 0.15) is 31.4 Å². The van der Waals surface area contributed by atoms with E-state index in [0.717, 1.165) is 5.56 Å². The number of aliphatic hydroxyl groups is 2. The summed E-state index contributed by atoms with van der Waals surface area (Å²) in [5.74, 6) is -0.0376. The summed E-state index contributed by atoms with van der Waals surface area (Å²) in [6.45, 7) is 2.11. The second kappa shape index (κ2) is 5.83. The Morgan fingerprint density at radius 3 is 2.40 bits per heavy atom. The minimum absolute atomic E-state index is 0.136. The maximum atomic E-state index is 12.6. The van der Waals surface area contributed by atoms with Crippen molar-refractivity contribution < 1.29 is 14.6 Å². The van der Waals surface area contributed by atoms with Gasteiger partial charge in [0.2, 0.25) is 0 Å². The zero-order valence-corrected chi connectivity index (χ0v) is 8.86. The molecule has 0 aromatic heterocycles. The van der Waals surface area contributed by atoms with Gasteiger partial charge in [0.25, 0.3) is 0 Å². The van der Waals surface area contributed by atoms with Crippen LogP contribution >= 0.6 is 0 Å². The summed E-state index contributed by atoms with van der Waals surface area (Å²) in [5, 5.41) is 18.5. The summed E-state index contributed by atoms with van der Waals surface area (Å²) < 4.78 is 12.6. The third-order valence-corrected chi connectivity index (χ3v) is 2.50. The van der Waals surface area contributed by atoms with Gasteiger partial charge in [-0.1, -0.05) is 19.1 Å². The summed E-state index contributed by atoms with van der Waals surface area (Å²) >= 11 is 0. The molecule has 1 aromatic carbocycles.